The second-order valence-electron chi connectivity index (χ2n) is 7.24. The van der Waals surface area contributed by atoms with Gasteiger partial charge in [0.2, 0.25) is 0 Å². The maximum atomic E-state index is 12.9. The maximum absolute atomic E-state index is 12.9. The van der Waals surface area contributed by atoms with Gasteiger partial charge in [-0.05, 0) is 65.1 Å². The van der Waals surface area contributed by atoms with Gasteiger partial charge in [-0.3, -0.25) is 4.79 Å². The molecule has 0 amide bonds. The Hall–Kier alpha value is -1.60. The van der Waals surface area contributed by atoms with Crippen molar-refractivity contribution in [3.63, 3.8) is 0 Å². The van der Waals surface area contributed by atoms with Crippen LogP contribution in [0.4, 0.5) is 0 Å². The molecule has 0 heterocycles. The van der Waals surface area contributed by atoms with Gasteiger partial charge in [0, 0.05) is 16.9 Å². The molecule has 0 aromatic heterocycles. The maximum Gasteiger partial charge on any atom is 0.144 e. The number of rotatable bonds is 0. The highest BCUT2D eigenvalue weighted by Crippen LogP contribution is 2.56. The summed E-state index contributed by atoms with van der Waals surface area (Å²) in [5, 5.41) is 3.12. The molecule has 1 fully saturated rings. The minimum Gasteiger partial charge on any atom is -0.299 e. The van der Waals surface area contributed by atoms with Crippen LogP contribution in [-0.4, -0.2) is 5.78 Å². The van der Waals surface area contributed by atoms with Gasteiger partial charge in [-0.1, -0.05) is 42.0 Å². The molecule has 1 saturated carbocycles. The molecule has 3 atom stereocenters. The molecule has 3 aliphatic carbocycles. The van der Waals surface area contributed by atoms with E-state index in [1.165, 1.54) is 22.9 Å². The molecule has 22 heavy (non-hydrogen) atoms. The van der Waals surface area contributed by atoms with Crippen LogP contribution in [0.2, 0.25) is 5.02 Å². The Balaban J connectivity index is 1.65. The lowest BCUT2D eigenvalue weighted by Gasteiger charge is -2.38. The van der Waals surface area contributed by atoms with E-state index in [1.807, 2.05) is 12.1 Å². The average molecular weight is 309 g/mol. The number of ketones is 1. The first kappa shape index (κ1) is 12.9. The summed E-state index contributed by atoms with van der Waals surface area (Å²) in [6, 6.07) is 10.5. The molecule has 2 heteroatoms. The molecular formula is C20H17ClO. The number of benzene rings is 2. The van der Waals surface area contributed by atoms with Crippen molar-refractivity contribution in [1.29, 1.82) is 0 Å². The second kappa shape index (κ2) is 4.23. The number of fused-ring (bicyclic) bond motifs is 5. The summed E-state index contributed by atoms with van der Waals surface area (Å²) in [5.74, 6) is 1.56. The third kappa shape index (κ3) is 1.63. The van der Waals surface area contributed by atoms with E-state index >= 15 is 0 Å². The first-order valence-corrected chi connectivity index (χ1v) is 8.44. The molecule has 0 radical (unpaired) electrons. The van der Waals surface area contributed by atoms with Crippen LogP contribution in [0, 0.1) is 17.3 Å². The molecule has 1 spiro atoms. The highest BCUT2D eigenvalue weighted by atomic mass is 35.5. The molecule has 3 aliphatic rings. The van der Waals surface area contributed by atoms with E-state index < -0.39 is 0 Å². The zero-order valence-electron chi connectivity index (χ0n) is 12.3. The van der Waals surface area contributed by atoms with E-state index in [0.717, 1.165) is 23.3 Å². The van der Waals surface area contributed by atoms with E-state index in [4.69, 9.17) is 11.6 Å². The van der Waals surface area contributed by atoms with Crippen LogP contribution >= 0.6 is 11.6 Å². The Morgan fingerprint density at radius 1 is 1.05 bits per heavy atom. The Labute approximate surface area is 135 Å². The van der Waals surface area contributed by atoms with Crippen LogP contribution in [0.3, 0.4) is 0 Å². The fourth-order valence-electron chi connectivity index (χ4n) is 4.96. The van der Waals surface area contributed by atoms with Gasteiger partial charge >= 0.3 is 0 Å². The smallest absolute Gasteiger partial charge is 0.144 e. The highest BCUT2D eigenvalue weighted by molar-refractivity contribution is 6.31. The van der Waals surface area contributed by atoms with E-state index in [-0.39, 0.29) is 5.41 Å². The van der Waals surface area contributed by atoms with Crippen molar-refractivity contribution in [3.05, 3.63) is 58.6 Å². The molecule has 0 N–H and O–H groups in total. The molecule has 110 valence electrons. The van der Waals surface area contributed by atoms with Crippen molar-refractivity contribution in [2.24, 2.45) is 17.3 Å². The average Bonchev–Trinajstić information content (AvgIpc) is 3.08. The molecule has 0 aliphatic heterocycles. The summed E-state index contributed by atoms with van der Waals surface area (Å²) < 4.78 is 0. The number of allylic oxidation sites excluding steroid dienone is 2. The number of hydrogen-bond acceptors (Lipinski definition) is 1. The Bertz CT molecular complexity index is 850. The molecule has 1 nitrogen and oxygen atoms in total. The van der Waals surface area contributed by atoms with Crippen LogP contribution in [0.25, 0.3) is 10.8 Å². The SMILES string of the molecule is O=C1Cc2cc3cc(Cl)ccc3cc2CC12CC1C=CC2C1. The van der Waals surface area contributed by atoms with E-state index in [1.54, 1.807) is 0 Å². The summed E-state index contributed by atoms with van der Waals surface area (Å²) >= 11 is 6.10. The van der Waals surface area contributed by atoms with Gasteiger partial charge in [-0.2, -0.15) is 0 Å². The molecular weight excluding hydrogens is 292 g/mol. The largest absolute Gasteiger partial charge is 0.299 e. The molecule has 2 aromatic rings. The fraction of sp³-hybridized carbons (Fsp3) is 0.350. The third-order valence-electron chi connectivity index (χ3n) is 6.04. The lowest BCUT2D eigenvalue weighted by Crippen LogP contribution is -2.41. The topological polar surface area (TPSA) is 17.1 Å². The lowest BCUT2D eigenvalue weighted by molar-refractivity contribution is -0.130. The Morgan fingerprint density at radius 3 is 2.68 bits per heavy atom. The normalized spacial score (nSPS) is 32.1. The number of halogens is 1. The number of Topliss-reactive ketones (excluding diaryl/α,β-unsaturated/α-hetero) is 1. The van der Waals surface area contributed by atoms with Gasteiger partial charge in [-0.15, -0.1) is 0 Å². The van der Waals surface area contributed by atoms with Crippen molar-refractivity contribution < 1.29 is 4.79 Å². The van der Waals surface area contributed by atoms with E-state index in [9.17, 15) is 4.79 Å². The second-order valence-corrected chi connectivity index (χ2v) is 7.67. The van der Waals surface area contributed by atoms with Crippen LogP contribution in [-0.2, 0) is 17.6 Å². The van der Waals surface area contributed by atoms with Crippen LogP contribution in [0.5, 0.6) is 0 Å². The van der Waals surface area contributed by atoms with Gasteiger partial charge in [0.25, 0.3) is 0 Å². The molecule has 5 rings (SSSR count). The van der Waals surface area contributed by atoms with Gasteiger partial charge in [0.05, 0.1) is 0 Å². The van der Waals surface area contributed by atoms with Gasteiger partial charge < -0.3 is 0 Å². The van der Waals surface area contributed by atoms with E-state index in [0.29, 0.717) is 24.0 Å². The first-order chi connectivity index (χ1) is 10.6. The Morgan fingerprint density at radius 2 is 1.91 bits per heavy atom. The minimum absolute atomic E-state index is 0.105. The number of carbonyl (C=O) groups excluding carboxylic acids is 1. The quantitative estimate of drug-likeness (QED) is 0.642. The monoisotopic (exact) mass is 308 g/mol. The predicted octanol–water partition coefficient (Wildman–Crippen LogP) is 4.74. The van der Waals surface area contributed by atoms with Crippen LogP contribution in [0.15, 0.2) is 42.5 Å². The zero-order chi connectivity index (χ0) is 14.9. The lowest BCUT2D eigenvalue weighted by atomic mass is 9.63. The summed E-state index contributed by atoms with van der Waals surface area (Å²) in [5.41, 5.74) is 2.47. The number of hydrogen-bond donors (Lipinski definition) is 0. The fourth-order valence-corrected chi connectivity index (χ4v) is 5.14. The summed E-state index contributed by atoms with van der Waals surface area (Å²) in [6.45, 7) is 0. The Kier molecular flexibility index (Phi) is 2.48. The summed E-state index contributed by atoms with van der Waals surface area (Å²) in [4.78, 5) is 12.9. The summed E-state index contributed by atoms with van der Waals surface area (Å²) in [7, 11) is 0. The van der Waals surface area contributed by atoms with Crippen LogP contribution < -0.4 is 0 Å². The van der Waals surface area contributed by atoms with E-state index in [2.05, 4.69) is 30.4 Å². The molecule has 2 bridgehead atoms. The van der Waals surface area contributed by atoms with Gasteiger partial charge in [0.15, 0.2) is 0 Å². The summed E-state index contributed by atoms with van der Waals surface area (Å²) in [6.07, 6.45) is 8.38. The van der Waals surface area contributed by atoms with Crippen molar-refractivity contribution in [3.8, 4) is 0 Å². The first-order valence-electron chi connectivity index (χ1n) is 8.07. The van der Waals surface area contributed by atoms with Crippen LogP contribution in [0.1, 0.15) is 24.0 Å². The minimum atomic E-state index is -0.105. The van der Waals surface area contributed by atoms with Crippen molar-refractivity contribution in [1.82, 2.24) is 0 Å². The van der Waals surface area contributed by atoms with Crippen molar-refractivity contribution >= 4 is 28.2 Å². The predicted molar refractivity (Wildman–Crippen MR) is 89.2 cm³/mol. The van der Waals surface area contributed by atoms with Gasteiger partial charge in [0.1, 0.15) is 5.78 Å². The highest BCUT2D eigenvalue weighted by Gasteiger charge is 2.54. The molecule has 2 aromatic carbocycles. The number of carbonyl (C=O) groups is 1. The van der Waals surface area contributed by atoms with Gasteiger partial charge in [-0.25, -0.2) is 0 Å². The third-order valence-corrected chi connectivity index (χ3v) is 6.28. The zero-order valence-corrected chi connectivity index (χ0v) is 13.1. The van der Waals surface area contributed by atoms with Crippen molar-refractivity contribution in [2.75, 3.05) is 0 Å². The molecule has 3 unspecified atom stereocenters. The standard InChI is InChI=1S/C20H17ClO/c21-18-4-2-13-6-16-11-20(10-12-1-3-17(20)5-12)19(22)9-15(16)7-14(13)8-18/h1-4,6-8,12,17H,5,9-11H2. The molecule has 0 saturated heterocycles. The van der Waals surface area contributed by atoms with Crippen molar-refractivity contribution in [2.45, 2.75) is 25.7 Å².